The number of nitrogens with zero attached hydrogens (tertiary/aromatic N) is 4. The summed E-state index contributed by atoms with van der Waals surface area (Å²) in [5.41, 5.74) is 3.90. The molecule has 1 aromatic heterocycles. The summed E-state index contributed by atoms with van der Waals surface area (Å²) in [6.07, 6.45) is 3.88. The van der Waals surface area contributed by atoms with E-state index in [1.165, 1.54) is 0 Å². The lowest BCUT2D eigenvalue weighted by Crippen LogP contribution is -2.63. The SMILES string of the molecule is CC(c1ccc(Cl)cc1Cl)n1cnc2ccc(N3CCN(C(=O)[C@H]4CCCN4)C(C)(C)C3)cc21. The number of anilines is 1. The van der Waals surface area contributed by atoms with Crippen LogP contribution in [0, 0.1) is 0 Å². The molecule has 3 aromatic rings. The van der Waals surface area contributed by atoms with E-state index < -0.39 is 0 Å². The fourth-order valence-corrected chi connectivity index (χ4v) is 5.94. The molecule has 0 saturated carbocycles. The van der Waals surface area contributed by atoms with E-state index in [9.17, 15) is 4.79 Å². The summed E-state index contributed by atoms with van der Waals surface area (Å²) in [4.78, 5) is 22.2. The Kier molecular flexibility index (Phi) is 6.25. The Morgan fingerprint density at radius 2 is 2.00 bits per heavy atom. The van der Waals surface area contributed by atoms with E-state index in [4.69, 9.17) is 23.2 Å². The van der Waals surface area contributed by atoms with Crippen LogP contribution in [0.5, 0.6) is 0 Å². The van der Waals surface area contributed by atoms with E-state index >= 15 is 0 Å². The average molecular weight is 500 g/mol. The quantitative estimate of drug-likeness (QED) is 0.540. The lowest BCUT2D eigenvalue weighted by atomic mass is 9.96. The van der Waals surface area contributed by atoms with E-state index in [1.807, 2.05) is 18.5 Å². The third-order valence-electron chi connectivity index (χ3n) is 7.28. The maximum atomic E-state index is 13.1. The van der Waals surface area contributed by atoms with Crippen LogP contribution in [0.3, 0.4) is 0 Å². The number of hydrogen-bond donors (Lipinski definition) is 1. The molecular formula is C26H31Cl2N5O. The number of carbonyl (C=O) groups excluding carboxylic acids is 1. The number of fused-ring (bicyclic) bond motifs is 1. The van der Waals surface area contributed by atoms with Crippen LogP contribution in [0.4, 0.5) is 5.69 Å². The number of benzene rings is 2. The zero-order valence-electron chi connectivity index (χ0n) is 19.9. The lowest BCUT2D eigenvalue weighted by molar-refractivity contribution is -0.139. The van der Waals surface area contributed by atoms with Gasteiger partial charge in [0.15, 0.2) is 0 Å². The van der Waals surface area contributed by atoms with Gasteiger partial charge in [-0.2, -0.15) is 0 Å². The topological polar surface area (TPSA) is 53.4 Å². The highest BCUT2D eigenvalue weighted by atomic mass is 35.5. The van der Waals surface area contributed by atoms with Crippen molar-refractivity contribution in [2.75, 3.05) is 31.1 Å². The molecule has 6 nitrogen and oxygen atoms in total. The number of aromatic nitrogens is 2. The summed E-state index contributed by atoms with van der Waals surface area (Å²) in [5.74, 6) is 0.240. The highest BCUT2D eigenvalue weighted by Gasteiger charge is 2.40. The van der Waals surface area contributed by atoms with Crippen molar-refractivity contribution in [3.63, 3.8) is 0 Å². The van der Waals surface area contributed by atoms with Crippen LogP contribution in [-0.2, 0) is 4.79 Å². The minimum atomic E-state index is -0.251. The number of amides is 1. The van der Waals surface area contributed by atoms with Gasteiger partial charge in [-0.05, 0) is 76.1 Å². The summed E-state index contributed by atoms with van der Waals surface area (Å²) < 4.78 is 2.16. The third kappa shape index (κ3) is 4.28. The van der Waals surface area contributed by atoms with Gasteiger partial charge < -0.3 is 19.7 Å². The third-order valence-corrected chi connectivity index (χ3v) is 7.84. The van der Waals surface area contributed by atoms with Gasteiger partial charge in [0.2, 0.25) is 5.91 Å². The summed E-state index contributed by atoms with van der Waals surface area (Å²) in [6.45, 7) is 9.69. The van der Waals surface area contributed by atoms with Crippen molar-refractivity contribution in [1.29, 1.82) is 0 Å². The second-order valence-corrected chi connectivity index (χ2v) is 10.9. The van der Waals surface area contributed by atoms with Crippen LogP contribution >= 0.6 is 23.2 Å². The molecule has 2 aliphatic rings. The first-order chi connectivity index (χ1) is 16.2. The molecule has 2 aliphatic heterocycles. The van der Waals surface area contributed by atoms with E-state index in [0.717, 1.165) is 61.3 Å². The highest BCUT2D eigenvalue weighted by molar-refractivity contribution is 6.35. The van der Waals surface area contributed by atoms with Crippen LogP contribution in [0.2, 0.25) is 10.0 Å². The number of carbonyl (C=O) groups is 1. The van der Waals surface area contributed by atoms with Crippen molar-refractivity contribution in [3.05, 3.63) is 58.3 Å². The molecule has 34 heavy (non-hydrogen) atoms. The first-order valence-electron chi connectivity index (χ1n) is 12.0. The van der Waals surface area contributed by atoms with Crippen molar-refractivity contribution in [2.45, 2.75) is 51.2 Å². The summed E-state index contributed by atoms with van der Waals surface area (Å²) >= 11 is 12.6. The average Bonchev–Trinajstić information content (AvgIpc) is 3.47. The van der Waals surface area contributed by atoms with Gasteiger partial charge in [0.05, 0.1) is 35.0 Å². The Morgan fingerprint density at radius 3 is 2.71 bits per heavy atom. The molecule has 5 rings (SSSR count). The maximum Gasteiger partial charge on any atom is 0.240 e. The van der Waals surface area contributed by atoms with Crippen LogP contribution < -0.4 is 10.2 Å². The fourth-order valence-electron chi connectivity index (χ4n) is 5.38. The van der Waals surface area contributed by atoms with Gasteiger partial charge in [-0.3, -0.25) is 4.79 Å². The minimum Gasteiger partial charge on any atom is -0.367 e. The van der Waals surface area contributed by atoms with Gasteiger partial charge in [-0.1, -0.05) is 29.3 Å². The summed E-state index contributed by atoms with van der Waals surface area (Å²) in [6, 6.07) is 12.0. The summed E-state index contributed by atoms with van der Waals surface area (Å²) in [5, 5.41) is 4.64. The molecule has 2 fully saturated rings. The van der Waals surface area contributed by atoms with E-state index in [0.29, 0.717) is 10.0 Å². The molecular weight excluding hydrogens is 469 g/mol. The molecule has 2 aromatic carbocycles. The number of hydrogen-bond acceptors (Lipinski definition) is 4. The molecule has 180 valence electrons. The largest absolute Gasteiger partial charge is 0.367 e. The van der Waals surface area contributed by atoms with Gasteiger partial charge >= 0.3 is 0 Å². The second kappa shape index (κ2) is 9.06. The smallest absolute Gasteiger partial charge is 0.240 e. The van der Waals surface area contributed by atoms with Crippen molar-refractivity contribution in [3.8, 4) is 0 Å². The Morgan fingerprint density at radius 1 is 1.18 bits per heavy atom. The predicted octanol–water partition coefficient (Wildman–Crippen LogP) is 5.13. The van der Waals surface area contributed by atoms with Crippen LogP contribution in [0.15, 0.2) is 42.7 Å². The summed E-state index contributed by atoms with van der Waals surface area (Å²) in [7, 11) is 0. The Labute approximate surface area is 210 Å². The minimum absolute atomic E-state index is 0.00911. The van der Waals surface area contributed by atoms with E-state index in [-0.39, 0.29) is 23.5 Å². The predicted molar refractivity (Wildman–Crippen MR) is 139 cm³/mol. The van der Waals surface area contributed by atoms with Gasteiger partial charge in [0.1, 0.15) is 0 Å². The molecule has 3 heterocycles. The zero-order valence-corrected chi connectivity index (χ0v) is 21.4. The van der Waals surface area contributed by atoms with Crippen molar-refractivity contribution in [1.82, 2.24) is 19.8 Å². The molecule has 2 saturated heterocycles. The molecule has 8 heteroatoms. The number of nitrogens with one attached hydrogen (secondary N) is 1. The zero-order chi connectivity index (χ0) is 24.0. The van der Waals surface area contributed by atoms with Gasteiger partial charge in [0.25, 0.3) is 0 Å². The number of halogens is 2. The number of piperazine rings is 1. The number of rotatable bonds is 4. The lowest BCUT2D eigenvalue weighted by Gasteiger charge is -2.48. The van der Waals surface area contributed by atoms with Gasteiger partial charge in [-0.15, -0.1) is 0 Å². The van der Waals surface area contributed by atoms with Gasteiger partial charge in [0, 0.05) is 35.4 Å². The maximum absolute atomic E-state index is 13.1. The normalized spacial score (nSPS) is 21.3. The molecule has 1 unspecified atom stereocenters. The van der Waals surface area contributed by atoms with Crippen LogP contribution in [-0.4, -0.2) is 58.1 Å². The Bertz CT molecular complexity index is 1220. The fraction of sp³-hybridized carbons (Fsp3) is 0.462. The van der Waals surface area contributed by atoms with E-state index in [1.54, 1.807) is 6.07 Å². The Hall–Kier alpha value is -2.28. The molecule has 1 N–H and O–H groups in total. The Balaban J connectivity index is 1.40. The molecule has 0 radical (unpaired) electrons. The van der Waals surface area contributed by atoms with Crippen molar-refractivity contribution in [2.24, 2.45) is 0 Å². The molecule has 0 spiro atoms. The molecule has 0 bridgehead atoms. The second-order valence-electron chi connectivity index (χ2n) is 10.0. The first-order valence-corrected chi connectivity index (χ1v) is 12.7. The first kappa shape index (κ1) is 23.5. The number of imidazole rings is 1. The highest BCUT2D eigenvalue weighted by Crippen LogP contribution is 2.33. The van der Waals surface area contributed by atoms with Gasteiger partial charge in [-0.25, -0.2) is 4.98 Å². The van der Waals surface area contributed by atoms with Crippen LogP contribution in [0.25, 0.3) is 11.0 Å². The van der Waals surface area contributed by atoms with Crippen LogP contribution in [0.1, 0.15) is 45.2 Å². The van der Waals surface area contributed by atoms with Crippen molar-refractivity contribution < 1.29 is 4.79 Å². The molecule has 1 amide bonds. The van der Waals surface area contributed by atoms with E-state index in [2.05, 4.69) is 63.6 Å². The molecule has 2 atom stereocenters. The van der Waals surface area contributed by atoms with Crippen molar-refractivity contribution >= 4 is 45.8 Å². The standard InChI is InChI=1S/C26H31Cl2N5O/c1-17(20-8-6-18(27)13-21(20)28)32-16-30-22-9-7-19(14-24(22)32)31-11-12-33(26(2,3)15-31)25(34)23-5-4-10-29-23/h6-9,13-14,16-17,23,29H,4-5,10-12,15H2,1-3H3/t17?,23-/m1/s1. The molecule has 0 aliphatic carbocycles. The monoisotopic (exact) mass is 499 g/mol.